The van der Waals surface area contributed by atoms with Crippen molar-refractivity contribution in [3.63, 3.8) is 0 Å². The molecule has 0 fully saturated rings. The number of rotatable bonds is 10. The molecular formula is C28H29FN2O3. The Hall–Kier alpha value is -3.80. The first-order chi connectivity index (χ1) is 16.6. The highest BCUT2D eigenvalue weighted by atomic mass is 19.1. The summed E-state index contributed by atoms with van der Waals surface area (Å²) in [4.78, 5) is 12.5. The summed E-state index contributed by atoms with van der Waals surface area (Å²) < 4.78 is 26.8. The second kappa shape index (κ2) is 10.9. The number of nitrogens with one attached hydrogen (secondary N) is 1. The highest BCUT2D eigenvalue weighted by molar-refractivity contribution is 5.85. The van der Waals surface area contributed by atoms with E-state index in [1.807, 2.05) is 48.7 Å². The highest BCUT2D eigenvalue weighted by Crippen LogP contribution is 2.27. The third-order valence-corrected chi connectivity index (χ3v) is 5.97. The molecule has 1 aromatic heterocycles. The van der Waals surface area contributed by atoms with Gasteiger partial charge in [0.25, 0.3) is 0 Å². The van der Waals surface area contributed by atoms with E-state index in [2.05, 4.69) is 16.0 Å². The summed E-state index contributed by atoms with van der Waals surface area (Å²) >= 11 is 0. The molecule has 34 heavy (non-hydrogen) atoms. The van der Waals surface area contributed by atoms with Gasteiger partial charge in [-0.05, 0) is 48.2 Å². The van der Waals surface area contributed by atoms with Gasteiger partial charge in [0.15, 0.2) is 11.5 Å². The van der Waals surface area contributed by atoms with Crippen LogP contribution in [0.2, 0.25) is 0 Å². The van der Waals surface area contributed by atoms with Gasteiger partial charge in [0.2, 0.25) is 5.91 Å². The Bertz CT molecular complexity index is 1280. The number of para-hydroxylation sites is 1. The molecule has 0 aliphatic carbocycles. The van der Waals surface area contributed by atoms with Crippen molar-refractivity contribution in [1.82, 2.24) is 9.88 Å². The van der Waals surface area contributed by atoms with Crippen LogP contribution < -0.4 is 14.8 Å². The van der Waals surface area contributed by atoms with Crippen molar-refractivity contribution in [3.8, 4) is 11.5 Å². The number of aryl methyl sites for hydroxylation is 1. The van der Waals surface area contributed by atoms with Crippen LogP contribution in [0.3, 0.4) is 0 Å². The van der Waals surface area contributed by atoms with Gasteiger partial charge in [-0.15, -0.1) is 0 Å². The first-order valence-corrected chi connectivity index (χ1v) is 11.4. The number of hydrogen-bond donors (Lipinski definition) is 1. The van der Waals surface area contributed by atoms with Crippen molar-refractivity contribution in [2.24, 2.45) is 0 Å². The molecule has 0 spiro atoms. The van der Waals surface area contributed by atoms with Crippen LogP contribution in [0.15, 0.2) is 72.9 Å². The van der Waals surface area contributed by atoms with E-state index in [0.29, 0.717) is 49.4 Å². The monoisotopic (exact) mass is 460 g/mol. The molecule has 1 N–H and O–H groups in total. The Labute approximate surface area is 199 Å². The van der Waals surface area contributed by atoms with Crippen molar-refractivity contribution >= 4 is 16.8 Å². The van der Waals surface area contributed by atoms with Crippen LogP contribution >= 0.6 is 0 Å². The SMILES string of the molecule is COc1ccc(CCNC(=O)CCc2cn(Cc3ccccc3F)c3ccccc23)cc1OC. The molecule has 176 valence electrons. The zero-order valence-corrected chi connectivity index (χ0v) is 19.5. The number of aromatic nitrogens is 1. The van der Waals surface area contributed by atoms with Crippen LogP contribution in [-0.2, 0) is 24.2 Å². The van der Waals surface area contributed by atoms with Gasteiger partial charge in [0.05, 0.1) is 20.8 Å². The molecule has 0 bridgehead atoms. The quantitative estimate of drug-likeness (QED) is 0.357. The van der Waals surface area contributed by atoms with Gasteiger partial charge in [-0.2, -0.15) is 0 Å². The number of hydrogen-bond acceptors (Lipinski definition) is 3. The van der Waals surface area contributed by atoms with Gasteiger partial charge >= 0.3 is 0 Å². The number of carbonyl (C=O) groups excluding carboxylic acids is 1. The molecule has 4 aromatic rings. The van der Waals surface area contributed by atoms with E-state index < -0.39 is 0 Å². The second-order valence-electron chi connectivity index (χ2n) is 8.18. The van der Waals surface area contributed by atoms with Gasteiger partial charge in [0.1, 0.15) is 5.82 Å². The van der Waals surface area contributed by atoms with Gasteiger partial charge in [-0.1, -0.05) is 42.5 Å². The largest absolute Gasteiger partial charge is 0.493 e. The van der Waals surface area contributed by atoms with E-state index in [9.17, 15) is 9.18 Å². The molecule has 1 amide bonds. The van der Waals surface area contributed by atoms with E-state index in [1.54, 1.807) is 26.4 Å². The Kier molecular flexibility index (Phi) is 7.48. The molecule has 6 heteroatoms. The first-order valence-electron chi connectivity index (χ1n) is 11.4. The molecule has 0 atom stereocenters. The predicted octanol–water partition coefficient (Wildman–Crippen LogP) is 5.14. The van der Waals surface area contributed by atoms with Crippen LogP contribution in [0.5, 0.6) is 11.5 Å². The number of benzene rings is 3. The van der Waals surface area contributed by atoms with Gasteiger partial charge in [0, 0.05) is 35.6 Å². The van der Waals surface area contributed by atoms with Gasteiger partial charge < -0.3 is 19.4 Å². The lowest BCUT2D eigenvalue weighted by molar-refractivity contribution is -0.121. The standard InChI is InChI=1S/C28H29FN2O3/c1-33-26-13-11-20(17-27(26)34-2)15-16-30-28(32)14-12-21-18-31(25-10-6-4-8-23(21)25)19-22-7-3-5-9-24(22)29/h3-11,13,17-18H,12,14-16,19H2,1-2H3,(H,30,32). The fourth-order valence-electron chi connectivity index (χ4n) is 4.18. The lowest BCUT2D eigenvalue weighted by atomic mass is 10.1. The lowest BCUT2D eigenvalue weighted by Crippen LogP contribution is -2.25. The normalized spacial score (nSPS) is 10.9. The molecule has 0 unspecified atom stereocenters. The third-order valence-electron chi connectivity index (χ3n) is 5.97. The zero-order valence-electron chi connectivity index (χ0n) is 19.5. The number of fused-ring (bicyclic) bond motifs is 1. The number of ether oxygens (including phenoxy) is 2. The lowest BCUT2D eigenvalue weighted by Gasteiger charge is -2.10. The smallest absolute Gasteiger partial charge is 0.220 e. The topological polar surface area (TPSA) is 52.5 Å². The minimum absolute atomic E-state index is 0.00594. The maximum Gasteiger partial charge on any atom is 0.220 e. The predicted molar refractivity (Wildman–Crippen MR) is 132 cm³/mol. The summed E-state index contributed by atoms with van der Waals surface area (Å²) in [5.41, 5.74) is 3.83. The fraction of sp³-hybridized carbons (Fsp3) is 0.250. The number of methoxy groups -OCH3 is 2. The number of amides is 1. The molecule has 4 rings (SSSR count). The average Bonchev–Trinajstić information content (AvgIpc) is 3.21. The van der Waals surface area contributed by atoms with Crippen molar-refractivity contribution in [2.45, 2.75) is 25.8 Å². The number of carbonyl (C=O) groups is 1. The fourth-order valence-corrected chi connectivity index (χ4v) is 4.18. The van der Waals surface area contributed by atoms with Crippen LogP contribution in [0.1, 0.15) is 23.1 Å². The summed E-state index contributed by atoms with van der Waals surface area (Å²) in [6.45, 7) is 0.994. The summed E-state index contributed by atoms with van der Waals surface area (Å²) in [6, 6.07) is 20.6. The molecule has 3 aromatic carbocycles. The Balaban J connectivity index is 1.36. The van der Waals surface area contributed by atoms with Crippen LogP contribution in [0, 0.1) is 5.82 Å². The molecule has 0 saturated carbocycles. The van der Waals surface area contributed by atoms with Gasteiger partial charge in [-0.25, -0.2) is 4.39 Å². The van der Waals surface area contributed by atoms with E-state index in [-0.39, 0.29) is 11.7 Å². The average molecular weight is 461 g/mol. The van der Waals surface area contributed by atoms with Crippen molar-refractivity contribution in [3.05, 3.63) is 95.4 Å². The third kappa shape index (κ3) is 5.39. The number of halogens is 1. The molecule has 0 radical (unpaired) electrons. The minimum Gasteiger partial charge on any atom is -0.493 e. The van der Waals surface area contributed by atoms with Crippen molar-refractivity contribution in [2.75, 3.05) is 20.8 Å². The van der Waals surface area contributed by atoms with Crippen LogP contribution in [0.25, 0.3) is 10.9 Å². The zero-order chi connectivity index (χ0) is 23.9. The maximum atomic E-state index is 14.2. The molecule has 1 heterocycles. The molecule has 0 aliphatic rings. The molecular weight excluding hydrogens is 431 g/mol. The van der Waals surface area contributed by atoms with Crippen LogP contribution in [-0.4, -0.2) is 31.2 Å². The van der Waals surface area contributed by atoms with E-state index in [0.717, 1.165) is 22.0 Å². The Morgan fingerprint density at radius 3 is 2.47 bits per heavy atom. The second-order valence-corrected chi connectivity index (χ2v) is 8.18. The van der Waals surface area contributed by atoms with E-state index >= 15 is 0 Å². The molecule has 0 saturated heterocycles. The Morgan fingerprint density at radius 1 is 0.912 bits per heavy atom. The van der Waals surface area contributed by atoms with E-state index in [4.69, 9.17) is 9.47 Å². The highest BCUT2D eigenvalue weighted by Gasteiger charge is 2.12. The summed E-state index contributed by atoms with van der Waals surface area (Å²) in [7, 11) is 3.21. The first kappa shape index (κ1) is 23.4. The summed E-state index contributed by atoms with van der Waals surface area (Å²) in [5.74, 6) is 1.16. The number of nitrogens with zero attached hydrogens (tertiary/aromatic N) is 1. The van der Waals surface area contributed by atoms with Crippen molar-refractivity contribution < 1.29 is 18.7 Å². The van der Waals surface area contributed by atoms with Crippen molar-refractivity contribution in [1.29, 1.82) is 0 Å². The maximum absolute atomic E-state index is 14.2. The Morgan fingerprint density at radius 2 is 1.68 bits per heavy atom. The van der Waals surface area contributed by atoms with Gasteiger partial charge in [-0.3, -0.25) is 4.79 Å². The molecule has 0 aliphatic heterocycles. The molecule has 5 nitrogen and oxygen atoms in total. The van der Waals surface area contributed by atoms with E-state index in [1.165, 1.54) is 6.07 Å². The summed E-state index contributed by atoms with van der Waals surface area (Å²) in [5, 5.41) is 4.10. The minimum atomic E-state index is -0.212. The summed E-state index contributed by atoms with van der Waals surface area (Å²) in [6.07, 6.45) is 3.74. The van der Waals surface area contributed by atoms with Crippen LogP contribution in [0.4, 0.5) is 4.39 Å².